The summed E-state index contributed by atoms with van der Waals surface area (Å²) in [4.78, 5) is 15.0. The first-order chi connectivity index (χ1) is 12.8. The maximum Gasteiger partial charge on any atom is 0.259 e. The molecule has 3 aromatic rings. The Morgan fingerprint density at radius 3 is 2.07 bits per heavy atom. The number of carbonyl (C=O) groups excluding carboxylic acids is 1. The second kappa shape index (κ2) is 7.28. The van der Waals surface area contributed by atoms with E-state index in [9.17, 15) is 13.6 Å². The van der Waals surface area contributed by atoms with Crippen LogP contribution < -0.4 is 20.9 Å². The molecular formula is C19H15F2N3O3. The van der Waals surface area contributed by atoms with E-state index in [1.165, 1.54) is 37.3 Å². The number of benzene rings is 2. The average molecular weight is 371 g/mol. The predicted molar refractivity (Wildman–Crippen MR) is 94.9 cm³/mol. The van der Waals surface area contributed by atoms with E-state index in [-0.39, 0.29) is 22.6 Å². The van der Waals surface area contributed by atoms with E-state index in [4.69, 9.17) is 20.9 Å². The highest BCUT2D eigenvalue weighted by Gasteiger charge is 2.21. The Balaban J connectivity index is 1.97. The molecule has 4 N–H and O–H groups in total. The minimum absolute atomic E-state index is 0.110. The molecule has 0 bridgehead atoms. The van der Waals surface area contributed by atoms with E-state index in [1.54, 1.807) is 18.2 Å². The van der Waals surface area contributed by atoms with Crippen LogP contribution in [0.4, 0.5) is 14.5 Å². The van der Waals surface area contributed by atoms with Gasteiger partial charge in [-0.1, -0.05) is 12.1 Å². The van der Waals surface area contributed by atoms with Gasteiger partial charge in [0.25, 0.3) is 11.8 Å². The fourth-order valence-electron chi connectivity index (χ4n) is 2.26. The van der Waals surface area contributed by atoms with Gasteiger partial charge in [0.05, 0.1) is 0 Å². The van der Waals surface area contributed by atoms with E-state index in [1.807, 2.05) is 0 Å². The first-order valence-corrected chi connectivity index (χ1v) is 7.82. The Labute approximate surface area is 153 Å². The van der Waals surface area contributed by atoms with Gasteiger partial charge in [-0.3, -0.25) is 4.79 Å². The van der Waals surface area contributed by atoms with E-state index < -0.39 is 29.3 Å². The SMILES string of the molecule is Cc1c(F)c(Oc2cccc(N)c2)nc(Oc2cccc(C(N)=O)c2)c1F. The first-order valence-electron chi connectivity index (χ1n) is 7.82. The monoisotopic (exact) mass is 371 g/mol. The van der Waals surface area contributed by atoms with Crippen molar-refractivity contribution in [2.24, 2.45) is 5.73 Å². The Bertz CT molecular complexity index is 1030. The molecule has 0 aliphatic carbocycles. The fourth-order valence-corrected chi connectivity index (χ4v) is 2.26. The number of primary amides is 1. The van der Waals surface area contributed by atoms with Crippen LogP contribution in [-0.2, 0) is 0 Å². The molecule has 2 aromatic carbocycles. The lowest BCUT2D eigenvalue weighted by Gasteiger charge is -2.12. The number of amides is 1. The van der Waals surface area contributed by atoms with Crippen LogP contribution in [0.15, 0.2) is 48.5 Å². The molecular weight excluding hydrogens is 356 g/mol. The van der Waals surface area contributed by atoms with Crippen molar-refractivity contribution in [3.63, 3.8) is 0 Å². The Morgan fingerprint density at radius 2 is 1.52 bits per heavy atom. The molecule has 0 aliphatic heterocycles. The van der Waals surface area contributed by atoms with Crippen LogP contribution in [0.2, 0.25) is 0 Å². The summed E-state index contributed by atoms with van der Waals surface area (Å²) in [5.74, 6) is -3.26. The first kappa shape index (κ1) is 18.1. The number of hydrogen-bond donors (Lipinski definition) is 2. The zero-order valence-corrected chi connectivity index (χ0v) is 14.2. The standard InChI is InChI=1S/C19H15F2N3O3/c1-10-15(20)18(26-13-6-2-4-11(8-13)17(23)25)24-19(16(10)21)27-14-7-3-5-12(22)9-14/h2-9H,22H2,1H3,(H2,23,25). The summed E-state index contributed by atoms with van der Waals surface area (Å²) in [6, 6.07) is 12.0. The molecule has 1 aromatic heterocycles. The van der Waals surface area contributed by atoms with Crippen LogP contribution >= 0.6 is 0 Å². The summed E-state index contributed by atoms with van der Waals surface area (Å²) in [5, 5.41) is 0. The summed E-state index contributed by atoms with van der Waals surface area (Å²) in [6.45, 7) is 1.23. The third-order valence-electron chi connectivity index (χ3n) is 3.64. The molecule has 27 heavy (non-hydrogen) atoms. The van der Waals surface area contributed by atoms with Crippen molar-refractivity contribution in [3.05, 3.63) is 71.3 Å². The normalized spacial score (nSPS) is 10.5. The van der Waals surface area contributed by atoms with Crippen molar-refractivity contribution in [1.82, 2.24) is 4.98 Å². The molecule has 0 spiro atoms. The van der Waals surface area contributed by atoms with Gasteiger partial charge in [-0.2, -0.15) is 4.98 Å². The molecule has 0 saturated carbocycles. The van der Waals surface area contributed by atoms with E-state index in [2.05, 4.69) is 4.98 Å². The third-order valence-corrected chi connectivity index (χ3v) is 3.64. The molecule has 0 radical (unpaired) electrons. The van der Waals surface area contributed by atoms with Gasteiger partial charge in [0, 0.05) is 22.9 Å². The molecule has 0 saturated heterocycles. The second-order valence-corrected chi connectivity index (χ2v) is 5.64. The minimum atomic E-state index is -0.989. The molecule has 138 valence electrons. The lowest BCUT2D eigenvalue weighted by molar-refractivity contribution is 0.1000. The van der Waals surface area contributed by atoms with Crippen molar-refractivity contribution in [3.8, 4) is 23.3 Å². The van der Waals surface area contributed by atoms with Crippen molar-refractivity contribution in [1.29, 1.82) is 0 Å². The Hall–Kier alpha value is -3.68. The molecule has 8 heteroatoms. The van der Waals surface area contributed by atoms with Crippen molar-refractivity contribution in [2.75, 3.05) is 5.73 Å². The van der Waals surface area contributed by atoms with Gasteiger partial charge in [0.15, 0.2) is 11.6 Å². The Kier molecular flexibility index (Phi) is 4.89. The number of carbonyl (C=O) groups is 1. The maximum absolute atomic E-state index is 14.4. The van der Waals surface area contributed by atoms with Crippen LogP contribution in [0.1, 0.15) is 15.9 Å². The summed E-state index contributed by atoms with van der Waals surface area (Å²) >= 11 is 0. The number of nitrogen functional groups attached to an aromatic ring is 1. The van der Waals surface area contributed by atoms with Gasteiger partial charge in [0.2, 0.25) is 5.91 Å². The largest absolute Gasteiger partial charge is 0.436 e. The molecule has 0 aliphatic rings. The molecule has 0 fully saturated rings. The van der Waals surface area contributed by atoms with Crippen LogP contribution in [-0.4, -0.2) is 10.9 Å². The number of ether oxygens (including phenoxy) is 2. The number of nitrogens with two attached hydrogens (primary N) is 2. The summed E-state index contributed by atoms with van der Waals surface area (Å²) in [6.07, 6.45) is 0. The number of nitrogens with zero attached hydrogens (tertiary/aromatic N) is 1. The number of aromatic nitrogens is 1. The maximum atomic E-state index is 14.4. The zero-order chi connectivity index (χ0) is 19.6. The topological polar surface area (TPSA) is 100 Å². The smallest absolute Gasteiger partial charge is 0.259 e. The van der Waals surface area contributed by atoms with Gasteiger partial charge in [-0.15, -0.1) is 0 Å². The van der Waals surface area contributed by atoms with E-state index in [0.717, 1.165) is 0 Å². The summed E-state index contributed by atoms with van der Waals surface area (Å²) in [5.41, 5.74) is 11.1. The minimum Gasteiger partial charge on any atom is -0.436 e. The van der Waals surface area contributed by atoms with E-state index in [0.29, 0.717) is 5.69 Å². The van der Waals surface area contributed by atoms with Crippen LogP contribution in [0.3, 0.4) is 0 Å². The Morgan fingerprint density at radius 1 is 0.963 bits per heavy atom. The van der Waals surface area contributed by atoms with Gasteiger partial charge in [-0.25, -0.2) is 8.78 Å². The van der Waals surface area contributed by atoms with Crippen LogP contribution in [0.5, 0.6) is 23.3 Å². The van der Waals surface area contributed by atoms with Crippen molar-refractivity contribution in [2.45, 2.75) is 6.92 Å². The fraction of sp³-hybridized carbons (Fsp3) is 0.0526. The highest BCUT2D eigenvalue weighted by atomic mass is 19.1. The van der Waals surface area contributed by atoms with E-state index >= 15 is 0 Å². The van der Waals surface area contributed by atoms with Crippen molar-refractivity contribution < 1.29 is 23.0 Å². The van der Waals surface area contributed by atoms with Crippen molar-refractivity contribution >= 4 is 11.6 Å². The highest BCUT2D eigenvalue weighted by Crippen LogP contribution is 2.33. The molecule has 0 unspecified atom stereocenters. The third kappa shape index (κ3) is 3.95. The quantitative estimate of drug-likeness (QED) is 0.662. The van der Waals surface area contributed by atoms with Gasteiger partial charge >= 0.3 is 0 Å². The molecule has 1 heterocycles. The lowest BCUT2D eigenvalue weighted by atomic mass is 10.2. The number of halogens is 2. The average Bonchev–Trinajstić information content (AvgIpc) is 2.64. The predicted octanol–water partition coefficient (Wildman–Crippen LogP) is 3.93. The number of pyridine rings is 1. The van der Waals surface area contributed by atoms with Crippen LogP contribution in [0, 0.1) is 18.6 Å². The summed E-state index contributed by atoms with van der Waals surface area (Å²) in [7, 11) is 0. The lowest BCUT2D eigenvalue weighted by Crippen LogP contribution is -2.10. The van der Waals surface area contributed by atoms with Gasteiger partial charge in [0.1, 0.15) is 11.5 Å². The van der Waals surface area contributed by atoms with Gasteiger partial charge < -0.3 is 20.9 Å². The molecule has 1 amide bonds. The zero-order valence-electron chi connectivity index (χ0n) is 14.2. The molecule has 3 rings (SSSR count). The number of anilines is 1. The molecule has 6 nitrogen and oxygen atoms in total. The number of hydrogen-bond acceptors (Lipinski definition) is 5. The number of rotatable bonds is 5. The highest BCUT2D eigenvalue weighted by molar-refractivity contribution is 5.93. The van der Waals surface area contributed by atoms with Gasteiger partial charge in [-0.05, 0) is 37.3 Å². The molecule has 0 atom stereocenters. The van der Waals surface area contributed by atoms with Crippen LogP contribution in [0.25, 0.3) is 0 Å². The second-order valence-electron chi connectivity index (χ2n) is 5.64. The summed E-state index contributed by atoms with van der Waals surface area (Å²) < 4.78 is 39.5.